The minimum absolute atomic E-state index is 0.0621. The number of hydrogen-bond donors (Lipinski definition) is 0. The van der Waals surface area contributed by atoms with Gasteiger partial charge in [-0.15, -0.1) is 0 Å². The van der Waals surface area contributed by atoms with Crippen molar-refractivity contribution in [2.75, 3.05) is 0 Å². The summed E-state index contributed by atoms with van der Waals surface area (Å²) in [5, 5.41) is 0. The van der Waals surface area contributed by atoms with Crippen molar-refractivity contribution < 1.29 is 13.6 Å². The highest BCUT2D eigenvalue weighted by Crippen LogP contribution is 2.26. The number of halogens is 4. The number of rotatable bonds is 2. The summed E-state index contributed by atoms with van der Waals surface area (Å²) in [7, 11) is 0. The second-order valence-corrected chi connectivity index (χ2v) is 5.78. The molecule has 0 N–H and O–H groups in total. The van der Waals surface area contributed by atoms with Crippen LogP contribution in [0, 0.1) is 18.6 Å². The molecule has 0 amide bonds. The zero-order valence-electron chi connectivity index (χ0n) is 9.81. The molecule has 0 unspecified atom stereocenters. The largest absolute Gasteiger partial charge is 0.288 e. The first-order valence-corrected chi connectivity index (χ1v) is 6.94. The first-order valence-electron chi connectivity index (χ1n) is 5.36. The van der Waals surface area contributed by atoms with Crippen LogP contribution in [0.3, 0.4) is 0 Å². The summed E-state index contributed by atoms with van der Waals surface area (Å²) >= 11 is 6.23. The van der Waals surface area contributed by atoms with Crippen molar-refractivity contribution in [3.05, 3.63) is 67.6 Å². The van der Waals surface area contributed by atoms with Crippen molar-refractivity contribution in [2.24, 2.45) is 0 Å². The zero-order chi connectivity index (χ0) is 14.2. The number of ketones is 1. The van der Waals surface area contributed by atoms with Crippen molar-refractivity contribution in [1.82, 2.24) is 0 Å². The molecular weight excluding hydrogens is 382 g/mol. The van der Waals surface area contributed by atoms with E-state index in [1.54, 1.807) is 25.1 Å². The highest BCUT2D eigenvalue weighted by molar-refractivity contribution is 9.10. The molecule has 2 aromatic carbocycles. The van der Waals surface area contributed by atoms with Crippen LogP contribution in [0.4, 0.5) is 8.78 Å². The van der Waals surface area contributed by atoms with Gasteiger partial charge in [-0.05, 0) is 58.7 Å². The van der Waals surface area contributed by atoms with E-state index in [-0.39, 0.29) is 10.0 Å². The Kier molecular flexibility index (Phi) is 4.16. The summed E-state index contributed by atoms with van der Waals surface area (Å²) in [5.74, 6) is -2.42. The maximum Gasteiger partial charge on any atom is 0.199 e. The number of carbonyl (C=O) groups is 1. The van der Waals surface area contributed by atoms with Crippen molar-refractivity contribution in [1.29, 1.82) is 0 Å². The molecule has 2 aromatic rings. The van der Waals surface area contributed by atoms with Crippen LogP contribution in [0.1, 0.15) is 21.5 Å². The molecule has 0 saturated carbocycles. The van der Waals surface area contributed by atoms with Crippen LogP contribution < -0.4 is 0 Å². The first kappa shape index (κ1) is 14.3. The highest BCUT2D eigenvalue weighted by Gasteiger charge is 2.22. The lowest BCUT2D eigenvalue weighted by atomic mass is 9.98. The Morgan fingerprint density at radius 2 is 1.79 bits per heavy atom. The average molecular weight is 390 g/mol. The fraction of sp³-hybridized carbons (Fsp3) is 0.0714. The fourth-order valence-corrected chi connectivity index (χ4v) is 2.56. The van der Waals surface area contributed by atoms with E-state index in [9.17, 15) is 13.6 Å². The molecule has 0 atom stereocenters. The maximum atomic E-state index is 13.9. The monoisotopic (exact) mass is 388 g/mol. The molecule has 0 heterocycles. The van der Waals surface area contributed by atoms with Crippen molar-refractivity contribution in [2.45, 2.75) is 6.92 Å². The van der Waals surface area contributed by atoms with Crippen LogP contribution in [0.15, 0.2) is 39.3 Å². The molecule has 0 fully saturated rings. The molecule has 0 radical (unpaired) electrons. The lowest BCUT2D eigenvalue weighted by Crippen LogP contribution is -2.09. The van der Waals surface area contributed by atoms with E-state index in [0.29, 0.717) is 5.56 Å². The first-order chi connectivity index (χ1) is 8.91. The Balaban J connectivity index is 2.59. The molecule has 98 valence electrons. The second-order valence-electron chi connectivity index (χ2n) is 4.01. The summed E-state index contributed by atoms with van der Waals surface area (Å²) in [6, 6.07) is 7.22. The van der Waals surface area contributed by atoms with Crippen LogP contribution in [-0.4, -0.2) is 5.78 Å². The number of hydrogen-bond acceptors (Lipinski definition) is 1. The lowest BCUT2D eigenvalue weighted by Gasteiger charge is -2.08. The van der Waals surface area contributed by atoms with Crippen LogP contribution in [0.25, 0.3) is 0 Å². The molecule has 2 rings (SSSR count). The van der Waals surface area contributed by atoms with Gasteiger partial charge >= 0.3 is 0 Å². The van der Waals surface area contributed by atoms with Gasteiger partial charge in [0.1, 0.15) is 5.82 Å². The summed E-state index contributed by atoms with van der Waals surface area (Å²) in [4.78, 5) is 12.3. The van der Waals surface area contributed by atoms with Gasteiger partial charge in [-0.1, -0.05) is 15.9 Å². The molecule has 0 aliphatic carbocycles. The topological polar surface area (TPSA) is 17.1 Å². The van der Waals surface area contributed by atoms with Gasteiger partial charge < -0.3 is 0 Å². The minimum Gasteiger partial charge on any atom is -0.288 e. The van der Waals surface area contributed by atoms with Crippen LogP contribution in [0.2, 0.25) is 0 Å². The Labute approximate surface area is 125 Å². The molecule has 1 nitrogen and oxygen atoms in total. The number of carbonyl (C=O) groups excluding carboxylic acids is 1. The van der Waals surface area contributed by atoms with E-state index in [2.05, 4.69) is 31.9 Å². The smallest absolute Gasteiger partial charge is 0.199 e. The molecule has 0 saturated heterocycles. The molecule has 0 aliphatic rings. The summed E-state index contributed by atoms with van der Waals surface area (Å²) < 4.78 is 28.4. The van der Waals surface area contributed by atoms with E-state index >= 15 is 0 Å². The predicted octanol–water partition coefficient (Wildman–Crippen LogP) is 5.03. The fourth-order valence-electron chi connectivity index (χ4n) is 1.75. The van der Waals surface area contributed by atoms with Gasteiger partial charge in [-0.2, -0.15) is 0 Å². The standard InChI is InChI=1S/C14H8Br2F2O/c1-7-6-8(15)2-3-9(7)14(19)12-11(17)5-4-10(16)13(12)18/h2-6H,1H3. The second kappa shape index (κ2) is 5.51. The van der Waals surface area contributed by atoms with Crippen molar-refractivity contribution >= 4 is 37.6 Å². The van der Waals surface area contributed by atoms with Gasteiger partial charge in [0, 0.05) is 10.0 Å². The molecule has 5 heteroatoms. The number of benzene rings is 2. The highest BCUT2D eigenvalue weighted by atomic mass is 79.9. The third-order valence-corrected chi connectivity index (χ3v) is 3.81. The zero-order valence-corrected chi connectivity index (χ0v) is 13.0. The van der Waals surface area contributed by atoms with Crippen LogP contribution in [0.5, 0.6) is 0 Å². The predicted molar refractivity (Wildman–Crippen MR) is 76.4 cm³/mol. The normalized spacial score (nSPS) is 10.6. The van der Waals surface area contributed by atoms with E-state index < -0.39 is 23.0 Å². The Morgan fingerprint density at radius 1 is 1.11 bits per heavy atom. The van der Waals surface area contributed by atoms with Crippen LogP contribution >= 0.6 is 31.9 Å². The van der Waals surface area contributed by atoms with Gasteiger partial charge in [0.15, 0.2) is 11.6 Å². The van der Waals surface area contributed by atoms with Gasteiger partial charge in [0.25, 0.3) is 0 Å². The van der Waals surface area contributed by atoms with Gasteiger partial charge in [-0.3, -0.25) is 4.79 Å². The Bertz CT molecular complexity index is 669. The van der Waals surface area contributed by atoms with Gasteiger partial charge in [0.05, 0.1) is 10.0 Å². The quantitative estimate of drug-likeness (QED) is 0.520. The summed E-state index contributed by atoms with van der Waals surface area (Å²) in [6.45, 7) is 1.71. The molecule has 0 aromatic heterocycles. The van der Waals surface area contributed by atoms with Gasteiger partial charge in [0.2, 0.25) is 0 Å². The summed E-state index contributed by atoms with van der Waals surface area (Å²) in [6.07, 6.45) is 0. The van der Waals surface area contributed by atoms with E-state index in [1.165, 1.54) is 6.07 Å². The number of aryl methyl sites for hydroxylation is 1. The molecular formula is C14H8Br2F2O. The maximum absolute atomic E-state index is 13.9. The SMILES string of the molecule is Cc1cc(Br)ccc1C(=O)c1c(F)ccc(Br)c1F. The average Bonchev–Trinajstić information content (AvgIpc) is 2.34. The third kappa shape index (κ3) is 2.77. The van der Waals surface area contributed by atoms with Gasteiger partial charge in [-0.25, -0.2) is 8.78 Å². The van der Waals surface area contributed by atoms with Crippen molar-refractivity contribution in [3.63, 3.8) is 0 Å². The van der Waals surface area contributed by atoms with E-state index in [0.717, 1.165) is 10.5 Å². The molecule has 19 heavy (non-hydrogen) atoms. The third-order valence-electron chi connectivity index (χ3n) is 2.70. The molecule has 0 bridgehead atoms. The summed E-state index contributed by atoms with van der Waals surface area (Å²) in [5.41, 5.74) is 0.386. The van der Waals surface area contributed by atoms with Crippen LogP contribution in [-0.2, 0) is 0 Å². The van der Waals surface area contributed by atoms with Crippen molar-refractivity contribution in [3.8, 4) is 0 Å². The van der Waals surface area contributed by atoms with E-state index in [4.69, 9.17) is 0 Å². The molecule has 0 aliphatic heterocycles. The van der Waals surface area contributed by atoms with E-state index in [1.807, 2.05) is 0 Å². The Morgan fingerprint density at radius 3 is 2.42 bits per heavy atom. The minimum atomic E-state index is -0.882. The molecule has 0 spiro atoms. The Hall–Kier alpha value is -1.07. The lowest BCUT2D eigenvalue weighted by molar-refractivity contribution is 0.103.